The summed E-state index contributed by atoms with van der Waals surface area (Å²) in [5.74, 6) is 1.27. The molecule has 8 heteroatoms. The van der Waals surface area contributed by atoms with Gasteiger partial charge in [-0.15, -0.1) is 10.2 Å². The number of hydrogen-bond acceptors (Lipinski definition) is 4. The van der Waals surface area contributed by atoms with Crippen molar-refractivity contribution in [2.24, 2.45) is 0 Å². The normalized spacial score (nSPS) is 14.6. The summed E-state index contributed by atoms with van der Waals surface area (Å²) in [6.07, 6.45) is 8.06. The minimum absolute atomic E-state index is 0.512. The summed E-state index contributed by atoms with van der Waals surface area (Å²) < 4.78 is 2.17. The summed E-state index contributed by atoms with van der Waals surface area (Å²) in [6.45, 7) is 2.17. The average Bonchev–Trinajstić information content (AvgIpc) is 3.46. The maximum absolute atomic E-state index is 6.65. The van der Waals surface area contributed by atoms with Crippen molar-refractivity contribution in [3.05, 3.63) is 68.2 Å². The SMILES string of the molecule is CCCc1c(-c2nnc(C3CCCCC3)s2)nc(-c2ccc(Cl)cc2Cl)n1-c1ccc(Cl)cc1. The fourth-order valence-corrected chi connectivity index (χ4v) is 6.30. The zero-order chi connectivity index (χ0) is 23.7. The van der Waals surface area contributed by atoms with Crippen LogP contribution in [0.2, 0.25) is 15.1 Å². The molecule has 4 aromatic rings. The van der Waals surface area contributed by atoms with E-state index < -0.39 is 0 Å². The number of imidazole rings is 1. The van der Waals surface area contributed by atoms with Crippen LogP contribution < -0.4 is 0 Å². The number of halogens is 3. The topological polar surface area (TPSA) is 43.6 Å². The monoisotopic (exact) mass is 530 g/mol. The van der Waals surface area contributed by atoms with Gasteiger partial charge in [0.25, 0.3) is 0 Å². The van der Waals surface area contributed by atoms with Crippen molar-refractivity contribution in [2.45, 2.75) is 57.8 Å². The molecular formula is C26H25Cl3N4S. The van der Waals surface area contributed by atoms with Crippen LogP contribution in [-0.2, 0) is 6.42 Å². The highest BCUT2D eigenvalue weighted by molar-refractivity contribution is 7.14. The summed E-state index contributed by atoms with van der Waals surface area (Å²) in [4.78, 5) is 5.13. The minimum atomic E-state index is 0.512. The molecule has 1 saturated carbocycles. The number of aromatic nitrogens is 4. The number of rotatable bonds is 6. The second kappa shape index (κ2) is 10.4. The third kappa shape index (κ3) is 4.76. The first kappa shape index (κ1) is 23.8. The van der Waals surface area contributed by atoms with Gasteiger partial charge in [-0.2, -0.15) is 0 Å². The fourth-order valence-electron chi connectivity index (χ4n) is 4.66. The Morgan fingerprint density at radius 2 is 1.68 bits per heavy atom. The first-order chi connectivity index (χ1) is 16.5. The first-order valence-corrected chi connectivity index (χ1v) is 13.7. The van der Waals surface area contributed by atoms with Crippen LogP contribution in [0.1, 0.15) is 62.1 Å². The van der Waals surface area contributed by atoms with Gasteiger partial charge in [0.2, 0.25) is 0 Å². The number of benzene rings is 2. The van der Waals surface area contributed by atoms with Gasteiger partial charge >= 0.3 is 0 Å². The van der Waals surface area contributed by atoms with Gasteiger partial charge < -0.3 is 0 Å². The van der Waals surface area contributed by atoms with Crippen LogP contribution in [0.3, 0.4) is 0 Å². The van der Waals surface area contributed by atoms with Crippen LogP contribution in [0.15, 0.2) is 42.5 Å². The Hall–Kier alpha value is -1.92. The molecule has 0 aliphatic heterocycles. The van der Waals surface area contributed by atoms with Crippen molar-refractivity contribution >= 4 is 46.1 Å². The van der Waals surface area contributed by atoms with Gasteiger partial charge in [-0.3, -0.25) is 4.57 Å². The molecule has 0 amide bonds. The second-order valence-electron chi connectivity index (χ2n) is 8.70. The van der Waals surface area contributed by atoms with E-state index in [1.807, 2.05) is 36.4 Å². The number of hydrogen-bond donors (Lipinski definition) is 0. The predicted octanol–water partition coefficient (Wildman–Crippen LogP) is 9.02. The van der Waals surface area contributed by atoms with Gasteiger partial charge in [0, 0.05) is 27.2 Å². The maximum atomic E-state index is 6.65. The lowest BCUT2D eigenvalue weighted by Gasteiger charge is -2.18. The molecule has 2 heterocycles. The van der Waals surface area contributed by atoms with Crippen molar-refractivity contribution in [1.29, 1.82) is 0 Å². The Kier molecular flexibility index (Phi) is 7.26. The third-order valence-electron chi connectivity index (χ3n) is 6.31. The Bertz CT molecular complexity index is 1290. The average molecular weight is 532 g/mol. The summed E-state index contributed by atoms with van der Waals surface area (Å²) >= 11 is 20.7. The van der Waals surface area contributed by atoms with E-state index in [0.29, 0.717) is 21.0 Å². The van der Waals surface area contributed by atoms with Gasteiger partial charge in [-0.1, -0.05) is 78.7 Å². The summed E-state index contributed by atoms with van der Waals surface area (Å²) in [5, 5.41) is 13.0. The Labute approximate surface area is 218 Å². The molecule has 0 unspecified atom stereocenters. The van der Waals surface area contributed by atoms with Crippen LogP contribution in [0.4, 0.5) is 0 Å². The van der Waals surface area contributed by atoms with E-state index in [0.717, 1.165) is 51.3 Å². The molecule has 0 N–H and O–H groups in total. The zero-order valence-corrected chi connectivity index (χ0v) is 22.0. The van der Waals surface area contributed by atoms with Gasteiger partial charge in [0.1, 0.15) is 16.5 Å². The molecule has 0 saturated heterocycles. The van der Waals surface area contributed by atoms with Crippen molar-refractivity contribution in [1.82, 2.24) is 19.7 Å². The van der Waals surface area contributed by atoms with Crippen molar-refractivity contribution in [3.8, 4) is 27.8 Å². The number of nitrogens with zero attached hydrogens (tertiary/aromatic N) is 4. The molecular weight excluding hydrogens is 507 g/mol. The summed E-state index contributed by atoms with van der Waals surface area (Å²) in [5.41, 5.74) is 3.76. The standard InChI is InChI=1S/C26H25Cl3N4S/c1-2-6-22-23(26-32-31-25(34-26)16-7-4-3-5-8-16)30-24(20-14-11-18(28)15-21(20)29)33(22)19-12-9-17(27)10-13-19/h9-16H,2-8H2,1H3. The van der Waals surface area contributed by atoms with Crippen LogP contribution in [0.5, 0.6) is 0 Å². The minimum Gasteiger partial charge on any atom is -0.296 e. The smallest absolute Gasteiger partial charge is 0.168 e. The fraction of sp³-hybridized carbons (Fsp3) is 0.346. The highest BCUT2D eigenvalue weighted by atomic mass is 35.5. The maximum Gasteiger partial charge on any atom is 0.168 e. The van der Waals surface area contributed by atoms with E-state index in [4.69, 9.17) is 39.8 Å². The zero-order valence-electron chi connectivity index (χ0n) is 18.9. The van der Waals surface area contributed by atoms with Crippen LogP contribution in [-0.4, -0.2) is 19.7 Å². The Morgan fingerprint density at radius 1 is 0.941 bits per heavy atom. The summed E-state index contributed by atoms with van der Waals surface area (Å²) in [7, 11) is 0. The molecule has 2 aromatic carbocycles. The van der Waals surface area contributed by atoms with E-state index >= 15 is 0 Å². The molecule has 0 spiro atoms. The van der Waals surface area contributed by atoms with Gasteiger partial charge in [0.05, 0.1) is 10.7 Å². The first-order valence-electron chi connectivity index (χ1n) is 11.7. The van der Waals surface area contributed by atoms with Crippen molar-refractivity contribution in [2.75, 3.05) is 0 Å². The van der Waals surface area contributed by atoms with Crippen molar-refractivity contribution in [3.63, 3.8) is 0 Å². The van der Waals surface area contributed by atoms with Gasteiger partial charge in [-0.05, 0) is 61.7 Å². The highest BCUT2D eigenvalue weighted by Crippen LogP contribution is 2.40. The van der Waals surface area contributed by atoms with E-state index in [9.17, 15) is 0 Å². The van der Waals surface area contributed by atoms with Crippen LogP contribution in [0, 0.1) is 0 Å². The molecule has 0 atom stereocenters. The van der Waals surface area contributed by atoms with Crippen LogP contribution >= 0.6 is 46.1 Å². The molecule has 176 valence electrons. The Balaban J connectivity index is 1.69. The van der Waals surface area contributed by atoms with Gasteiger partial charge in [-0.25, -0.2) is 4.98 Å². The molecule has 1 aliphatic rings. The third-order valence-corrected chi connectivity index (χ3v) is 8.21. The lowest BCUT2D eigenvalue weighted by atomic mass is 9.90. The van der Waals surface area contributed by atoms with E-state index in [2.05, 4.69) is 21.7 Å². The van der Waals surface area contributed by atoms with E-state index in [-0.39, 0.29) is 0 Å². The molecule has 4 nitrogen and oxygen atoms in total. The Morgan fingerprint density at radius 3 is 2.38 bits per heavy atom. The molecule has 2 aromatic heterocycles. The lowest BCUT2D eigenvalue weighted by molar-refractivity contribution is 0.440. The van der Waals surface area contributed by atoms with Gasteiger partial charge in [0.15, 0.2) is 5.01 Å². The molecule has 0 radical (unpaired) electrons. The molecule has 5 rings (SSSR count). The predicted molar refractivity (Wildman–Crippen MR) is 143 cm³/mol. The second-order valence-corrected chi connectivity index (χ2v) is 11.0. The molecule has 1 fully saturated rings. The van der Waals surface area contributed by atoms with E-state index in [1.54, 1.807) is 17.4 Å². The molecule has 0 bridgehead atoms. The lowest BCUT2D eigenvalue weighted by Crippen LogP contribution is -2.03. The largest absolute Gasteiger partial charge is 0.296 e. The van der Waals surface area contributed by atoms with E-state index in [1.165, 1.54) is 32.1 Å². The summed E-state index contributed by atoms with van der Waals surface area (Å²) in [6, 6.07) is 13.3. The molecule has 34 heavy (non-hydrogen) atoms. The van der Waals surface area contributed by atoms with Crippen molar-refractivity contribution < 1.29 is 0 Å². The highest BCUT2D eigenvalue weighted by Gasteiger charge is 2.26. The molecule has 1 aliphatic carbocycles. The van der Waals surface area contributed by atoms with Crippen LogP contribution in [0.25, 0.3) is 27.8 Å². The quantitative estimate of drug-likeness (QED) is 0.249.